The summed E-state index contributed by atoms with van der Waals surface area (Å²) >= 11 is 0. The predicted molar refractivity (Wildman–Crippen MR) is 40.8 cm³/mol. The largest absolute Gasteiger partial charge is 0.481 e. The van der Waals surface area contributed by atoms with Crippen molar-refractivity contribution in [2.45, 2.75) is 18.7 Å². The number of aliphatic carboxylic acids is 1. The van der Waals surface area contributed by atoms with Gasteiger partial charge >= 0.3 is 12.1 Å². The second kappa shape index (κ2) is 3.89. The van der Waals surface area contributed by atoms with Crippen molar-refractivity contribution in [2.75, 3.05) is 0 Å². The number of carbonyl (C=O) groups is 1. The second-order valence-corrected chi connectivity index (χ2v) is 2.81. The van der Waals surface area contributed by atoms with Gasteiger partial charge in [-0.3, -0.25) is 9.89 Å². The molecule has 1 heterocycles. The minimum absolute atomic E-state index is 0.565. The molecule has 1 unspecified atom stereocenters. The Bertz CT molecular complexity index is 361. The highest BCUT2D eigenvalue weighted by atomic mass is 19.4. The molecule has 0 aromatic carbocycles. The zero-order valence-electron chi connectivity index (χ0n) is 7.25. The molecule has 5 nitrogen and oxygen atoms in total. The molecule has 0 aliphatic carbocycles. The SMILES string of the molecule is O=C(O)CC(O)c1cn[nH]c1C(F)(F)F. The first kappa shape index (κ1) is 11.5. The molecule has 0 spiro atoms. The van der Waals surface area contributed by atoms with Gasteiger partial charge in [0.2, 0.25) is 0 Å². The number of aromatic amines is 1. The molecule has 0 bridgehead atoms. The molecule has 84 valence electrons. The van der Waals surface area contributed by atoms with Crippen LogP contribution in [0.2, 0.25) is 0 Å². The average molecular weight is 224 g/mol. The van der Waals surface area contributed by atoms with Crippen LogP contribution >= 0.6 is 0 Å². The van der Waals surface area contributed by atoms with Crippen LogP contribution in [0.15, 0.2) is 6.20 Å². The Morgan fingerprint density at radius 2 is 2.20 bits per heavy atom. The lowest BCUT2D eigenvalue weighted by Crippen LogP contribution is -2.13. The number of aliphatic hydroxyl groups is 1. The monoisotopic (exact) mass is 224 g/mol. The number of carboxylic acids is 1. The molecule has 15 heavy (non-hydrogen) atoms. The van der Waals surface area contributed by atoms with Gasteiger partial charge in [0.05, 0.1) is 18.7 Å². The zero-order valence-corrected chi connectivity index (χ0v) is 7.25. The fourth-order valence-electron chi connectivity index (χ4n) is 1.05. The smallest absolute Gasteiger partial charge is 0.433 e. The van der Waals surface area contributed by atoms with Gasteiger partial charge in [0, 0.05) is 5.56 Å². The normalized spacial score (nSPS) is 13.9. The average Bonchev–Trinajstić information content (AvgIpc) is 2.48. The van der Waals surface area contributed by atoms with Crippen molar-refractivity contribution in [2.24, 2.45) is 0 Å². The van der Waals surface area contributed by atoms with E-state index in [4.69, 9.17) is 5.11 Å². The van der Waals surface area contributed by atoms with Crippen LogP contribution in [0.4, 0.5) is 13.2 Å². The van der Waals surface area contributed by atoms with E-state index in [1.165, 1.54) is 0 Å². The Hall–Kier alpha value is -1.57. The lowest BCUT2D eigenvalue weighted by Gasteiger charge is -2.10. The molecule has 1 atom stereocenters. The second-order valence-electron chi connectivity index (χ2n) is 2.81. The van der Waals surface area contributed by atoms with E-state index in [9.17, 15) is 23.1 Å². The summed E-state index contributed by atoms with van der Waals surface area (Å²) < 4.78 is 36.7. The molecule has 0 aliphatic rings. The highest BCUT2D eigenvalue weighted by Crippen LogP contribution is 2.33. The van der Waals surface area contributed by atoms with E-state index in [0.717, 1.165) is 6.20 Å². The number of aromatic nitrogens is 2. The van der Waals surface area contributed by atoms with E-state index in [2.05, 4.69) is 5.10 Å². The van der Waals surface area contributed by atoms with Crippen LogP contribution < -0.4 is 0 Å². The van der Waals surface area contributed by atoms with Crippen LogP contribution in [0, 0.1) is 0 Å². The minimum Gasteiger partial charge on any atom is -0.481 e. The van der Waals surface area contributed by atoms with Gasteiger partial charge in [0.1, 0.15) is 5.69 Å². The summed E-state index contributed by atoms with van der Waals surface area (Å²) in [6, 6.07) is 0. The fourth-order valence-corrected chi connectivity index (χ4v) is 1.05. The van der Waals surface area contributed by atoms with E-state index in [0.29, 0.717) is 0 Å². The van der Waals surface area contributed by atoms with Gasteiger partial charge in [0.15, 0.2) is 0 Å². The predicted octanol–water partition coefficient (Wildman–Crippen LogP) is 0.937. The van der Waals surface area contributed by atoms with E-state index in [1.807, 2.05) is 0 Å². The van der Waals surface area contributed by atoms with E-state index in [1.54, 1.807) is 5.10 Å². The van der Waals surface area contributed by atoms with Crippen molar-refractivity contribution in [3.63, 3.8) is 0 Å². The van der Waals surface area contributed by atoms with Crippen molar-refractivity contribution >= 4 is 5.97 Å². The Labute approximate surface area is 81.5 Å². The summed E-state index contributed by atoms with van der Waals surface area (Å²) in [4.78, 5) is 10.2. The maximum absolute atomic E-state index is 12.2. The lowest BCUT2D eigenvalue weighted by molar-refractivity contribution is -0.145. The summed E-state index contributed by atoms with van der Waals surface area (Å²) in [6.07, 6.45) is -6.46. The first-order valence-corrected chi connectivity index (χ1v) is 3.82. The summed E-state index contributed by atoms with van der Waals surface area (Å²) in [6.45, 7) is 0. The van der Waals surface area contributed by atoms with Crippen LogP contribution in [-0.2, 0) is 11.0 Å². The minimum atomic E-state index is -4.69. The molecular formula is C7H7F3N2O3. The van der Waals surface area contributed by atoms with E-state index >= 15 is 0 Å². The molecule has 8 heteroatoms. The van der Waals surface area contributed by atoms with Gasteiger partial charge in [-0.15, -0.1) is 0 Å². The molecule has 1 aromatic heterocycles. The molecule has 0 saturated heterocycles. The molecular weight excluding hydrogens is 217 g/mol. The Morgan fingerprint density at radius 1 is 1.60 bits per heavy atom. The molecule has 0 radical (unpaired) electrons. The van der Waals surface area contributed by atoms with Gasteiger partial charge in [-0.05, 0) is 0 Å². The number of H-pyrrole nitrogens is 1. The number of alkyl halides is 3. The third kappa shape index (κ3) is 2.69. The van der Waals surface area contributed by atoms with Crippen molar-refractivity contribution < 1.29 is 28.2 Å². The number of carboxylic acid groups (broad SMARTS) is 1. The Morgan fingerprint density at radius 3 is 2.67 bits per heavy atom. The molecule has 0 amide bonds. The van der Waals surface area contributed by atoms with Crippen molar-refractivity contribution in [3.05, 3.63) is 17.5 Å². The highest BCUT2D eigenvalue weighted by Gasteiger charge is 2.37. The number of hydrogen-bond donors (Lipinski definition) is 3. The van der Waals surface area contributed by atoms with Crippen LogP contribution in [0.3, 0.4) is 0 Å². The Kier molecular flexibility index (Phi) is 2.98. The molecule has 1 rings (SSSR count). The van der Waals surface area contributed by atoms with Gasteiger partial charge < -0.3 is 10.2 Å². The maximum atomic E-state index is 12.2. The molecule has 3 N–H and O–H groups in total. The third-order valence-electron chi connectivity index (χ3n) is 1.68. The number of nitrogens with one attached hydrogen (secondary N) is 1. The van der Waals surface area contributed by atoms with Gasteiger partial charge in [-0.25, -0.2) is 0 Å². The van der Waals surface area contributed by atoms with E-state index < -0.39 is 35.9 Å². The van der Waals surface area contributed by atoms with Gasteiger partial charge in [0.25, 0.3) is 0 Å². The molecule has 1 aromatic rings. The number of hydrogen-bond acceptors (Lipinski definition) is 3. The van der Waals surface area contributed by atoms with E-state index in [-0.39, 0.29) is 0 Å². The first-order chi connectivity index (χ1) is 6.82. The summed E-state index contributed by atoms with van der Waals surface area (Å²) in [7, 11) is 0. The van der Waals surface area contributed by atoms with Crippen molar-refractivity contribution in [1.82, 2.24) is 10.2 Å². The summed E-state index contributed by atoms with van der Waals surface area (Å²) in [5.74, 6) is -1.39. The standard InChI is InChI=1S/C7H7F3N2O3/c8-7(9,10)6-3(2-11-12-6)4(13)1-5(14)15/h2,4,13H,1H2,(H,11,12)(H,14,15). The maximum Gasteiger partial charge on any atom is 0.433 e. The topological polar surface area (TPSA) is 86.2 Å². The lowest BCUT2D eigenvalue weighted by atomic mass is 10.1. The number of aliphatic hydroxyl groups excluding tert-OH is 1. The number of nitrogens with zero attached hydrogens (tertiary/aromatic N) is 1. The summed E-state index contributed by atoms with van der Waals surface area (Å²) in [5, 5.41) is 22.3. The van der Waals surface area contributed by atoms with Crippen LogP contribution in [0.5, 0.6) is 0 Å². The van der Waals surface area contributed by atoms with Crippen LogP contribution in [-0.4, -0.2) is 26.4 Å². The molecule has 0 aliphatic heterocycles. The highest BCUT2D eigenvalue weighted by molar-refractivity contribution is 5.67. The zero-order chi connectivity index (χ0) is 11.6. The van der Waals surface area contributed by atoms with Crippen LogP contribution in [0.1, 0.15) is 23.8 Å². The fraction of sp³-hybridized carbons (Fsp3) is 0.429. The molecule has 0 fully saturated rings. The number of halogens is 3. The van der Waals surface area contributed by atoms with Gasteiger partial charge in [-0.2, -0.15) is 18.3 Å². The third-order valence-corrected chi connectivity index (χ3v) is 1.68. The summed E-state index contributed by atoms with van der Waals surface area (Å²) in [5.41, 5.74) is -1.79. The number of rotatable bonds is 3. The van der Waals surface area contributed by atoms with Crippen molar-refractivity contribution in [3.8, 4) is 0 Å². The molecule has 0 saturated carbocycles. The van der Waals surface area contributed by atoms with Gasteiger partial charge in [-0.1, -0.05) is 0 Å². The first-order valence-electron chi connectivity index (χ1n) is 3.82. The Balaban J connectivity index is 2.95. The van der Waals surface area contributed by atoms with Crippen LogP contribution in [0.25, 0.3) is 0 Å². The quantitative estimate of drug-likeness (QED) is 0.713. The van der Waals surface area contributed by atoms with Crippen molar-refractivity contribution in [1.29, 1.82) is 0 Å².